The van der Waals surface area contributed by atoms with Crippen LogP contribution in [0, 0.1) is 0 Å². The van der Waals surface area contributed by atoms with Crippen molar-refractivity contribution in [3.63, 3.8) is 0 Å². The fraction of sp³-hybridized carbons (Fsp3) is 0.600. The van der Waals surface area contributed by atoms with Crippen LogP contribution in [-0.4, -0.2) is 36.6 Å². The fourth-order valence-electron chi connectivity index (χ4n) is 2.43. The van der Waals surface area contributed by atoms with Gasteiger partial charge in [0.25, 0.3) is 0 Å². The largest absolute Gasteiger partial charge is 0.491 e. The van der Waals surface area contributed by atoms with Gasteiger partial charge >= 0.3 is 0 Å². The normalized spacial score (nSPS) is 18.0. The molecule has 0 atom stereocenters. The lowest BCUT2D eigenvalue weighted by Gasteiger charge is -2.37. The van der Waals surface area contributed by atoms with Gasteiger partial charge in [-0.3, -0.25) is 0 Å². The van der Waals surface area contributed by atoms with Crippen molar-refractivity contribution in [3.8, 4) is 5.75 Å². The second-order valence-corrected chi connectivity index (χ2v) is 5.63. The minimum absolute atomic E-state index is 0.0749. The van der Waals surface area contributed by atoms with Crippen LogP contribution in [0.15, 0.2) is 18.2 Å². The van der Waals surface area contributed by atoms with Gasteiger partial charge in [-0.15, -0.1) is 0 Å². The van der Waals surface area contributed by atoms with Gasteiger partial charge in [0.15, 0.2) is 0 Å². The van der Waals surface area contributed by atoms with Crippen molar-refractivity contribution in [1.29, 1.82) is 0 Å². The molecule has 1 aliphatic heterocycles. The zero-order chi connectivity index (χ0) is 14.6. The molecule has 5 heteroatoms. The van der Waals surface area contributed by atoms with E-state index in [2.05, 4.69) is 5.32 Å². The molecule has 2 rings (SSSR count). The Morgan fingerprint density at radius 2 is 2.05 bits per heavy atom. The summed E-state index contributed by atoms with van der Waals surface area (Å²) in [5, 5.41) is 13.1. The minimum atomic E-state index is -0.332. The number of aliphatic hydroxyl groups excluding tert-OH is 1. The third-order valence-electron chi connectivity index (χ3n) is 3.46. The molecule has 1 heterocycles. The lowest BCUT2D eigenvalue weighted by molar-refractivity contribution is 0.0380. The van der Waals surface area contributed by atoms with Crippen molar-refractivity contribution < 1.29 is 14.6 Å². The van der Waals surface area contributed by atoms with E-state index in [1.165, 1.54) is 0 Å². The summed E-state index contributed by atoms with van der Waals surface area (Å²) in [5.41, 5.74) is 7.10. The van der Waals surface area contributed by atoms with Crippen molar-refractivity contribution in [2.75, 3.05) is 30.9 Å². The summed E-state index contributed by atoms with van der Waals surface area (Å²) < 4.78 is 11.0. The van der Waals surface area contributed by atoms with Crippen LogP contribution in [0.25, 0.3) is 0 Å². The molecular formula is C15H24N2O3. The number of rotatable bonds is 5. The molecule has 4 N–H and O–H groups in total. The molecule has 0 spiro atoms. The van der Waals surface area contributed by atoms with Crippen molar-refractivity contribution in [2.24, 2.45) is 0 Å². The van der Waals surface area contributed by atoms with Crippen LogP contribution in [0.2, 0.25) is 0 Å². The van der Waals surface area contributed by atoms with Crippen LogP contribution in [0.1, 0.15) is 26.7 Å². The lowest BCUT2D eigenvalue weighted by Crippen LogP contribution is -2.46. The molecule has 1 aromatic carbocycles. The Balaban J connectivity index is 2.16. The molecule has 0 aromatic heterocycles. The SMILES string of the molecule is CC(C)Oc1cc(N)cc(NC2(CO)CCOCC2)c1. The first-order valence-electron chi connectivity index (χ1n) is 7.07. The number of hydrogen-bond acceptors (Lipinski definition) is 5. The first-order chi connectivity index (χ1) is 9.53. The Morgan fingerprint density at radius 3 is 2.65 bits per heavy atom. The van der Waals surface area contributed by atoms with Crippen LogP contribution in [0.3, 0.4) is 0 Å². The number of hydrogen-bond donors (Lipinski definition) is 3. The van der Waals surface area contributed by atoms with Crippen LogP contribution in [-0.2, 0) is 4.74 Å². The predicted molar refractivity (Wildman–Crippen MR) is 80.1 cm³/mol. The molecule has 1 fully saturated rings. The summed E-state index contributed by atoms with van der Waals surface area (Å²) in [7, 11) is 0. The van der Waals surface area contributed by atoms with Crippen LogP contribution < -0.4 is 15.8 Å². The van der Waals surface area contributed by atoms with Gasteiger partial charge in [0.1, 0.15) is 5.75 Å². The van der Waals surface area contributed by atoms with E-state index in [4.69, 9.17) is 15.2 Å². The Bertz CT molecular complexity index is 443. The smallest absolute Gasteiger partial charge is 0.123 e. The Hall–Kier alpha value is -1.46. The van der Waals surface area contributed by atoms with E-state index in [9.17, 15) is 5.11 Å². The molecule has 0 saturated carbocycles. The van der Waals surface area contributed by atoms with E-state index in [0.717, 1.165) is 24.3 Å². The van der Waals surface area contributed by atoms with Gasteiger partial charge in [-0.2, -0.15) is 0 Å². The molecule has 112 valence electrons. The molecule has 0 amide bonds. The highest BCUT2D eigenvalue weighted by Crippen LogP contribution is 2.29. The molecule has 1 aromatic rings. The molecular weight excluding hydrogens is 256 g/mol. The van der Waals surface area contributed by atoms with Gasteiger partial charge in [-0.1, -0.05) is 0 Å². The van der Waals surface area contributed by atoms with Gasteiger partial charge in [0, 0.05) is 36.7 Å². The zero-order valence-corrected chi connectivity index (χ0v) is 12.2. The molecule has 20 heavy (non-hydrogen) atoms. The number of nitrogens with two attached hydrogens (primary N) is 1. The molecule has 5 nitrogen and oxygen atoms in total. The van der Waals surface area contributed by atoms with E-state index in [1.54, 1.807) is 6.07 Å². The number of nitrogens with one attached hydrogen (secondary N) is 1. The van der Waals surface area contributed by atoms with Crippen LogP contribution in [0.5, 0.6) is 5.75 Å². The van der Waals surface area contributed by atoms with E-state index >= 15 is 0 Å². The molecule has 0 bridgehead atoms. The Kier molecular flexibility index (Phi) is 4.73. The van der Waals surface area contributed by atoms with Gasteiger partial charge in [0.2, 0.25) is 0 Å². The average molecular weight is 280 g/mol. The highest BCUT2D eigenvalue weighted by Gasteiger charge is 2.31. The zero-order valence-electron chi connectivity index (χ0n) is 12.2. The predicted octanol–water partition coefficient (Wildman–Crippen LogP) is 2.01. The summed E-state index contributed by atoms with van der Waals surface area (Å²) in [6, 6.07) is 5.59. The molecule has 1 saturated heterocycles. The molecule has 0 aliphatic carbocycles. The van der Waals surface area contributed by atoms with E-state index in [1.807, 2.05) is 26.0 Å². The number of ether oxygens (including phenoxy) is 2. The molecule has 1 aliphatic rings. The monoisotopic (exact) mass is 280 g/mol. The second-order valence-electron chi connectivity index (χ2n) is 5.63. The number of nitrogen functional groups attached to an aromatic ring is 1. The van der Waals surface area contributed by atoms with Gasteiger partial charge in [-0.05, 0) is 32.8 Å². The van der Waals surface area contributed by atoms with Crippen molar-refractivity contribution in [2.45, 2.75) is 38.3 Å². The van der Waals surface area contributed by atoms with Crippen LogP contribution in [0.4, 0.5) is 11.4 Å². The summed E-state index contributed by atoms with van der Waals surface area (Å²) in [6.45, 7) is 5.34. The number of anilines is 2. The van der Waals surface area contributed by atoms with E-state index in [0.29, 0.717) is 18.9 Å². The van der Waals surface area contributed by atoms with Crippen molar-refractivity contribution in [3.05, 3.63) is 18.2 Å². The third-order valence-corrected chi connectivity index (χ3v) is 3.46. The Labute approximate surface area is 120 Å². The second kappa shape index (κ2) is 6.33. The number of benzene rings is 1. The topological polar surface area (TPSA) is 76.7 Å². The first kappa shape index (κ1) is 14.9. The van der Waals surface area contributed by atoms with Gasteiger partial charge < -0.3 is 25.6 Å². The minimum Gasteiger partial charge on any atom is -0.491 e. The van der Waals surface area contributed by atoms with Crippen LogP contribution >= 0.6 is 0 Å². The molecule has 0 radical (unpaired) electrons. The van der Waals surface area contributed by atoms with Crippen molar-refractivity contribution >= 4 is 11.4 Å². The highest BCUT2D eigenvalue weighted by molar-refractivity contribution is 5.60. The lowest BCUT2D eigenvalue weighted by atomic mass is 9.90. The van der Waals surface area contributed by atoms with Crippen molar-refractivity contribution in [1.82, 2.24) is 0 Å². The molecule has 0 unspecified atom stereocenters. The standard InChI is InChI=1S/C15H24N2O3/c1-11(2)20-14-8-12(16)7-13(9-14)17-15(10-18)3-5-19-6-4-15/h7-9,11,17-18H,3-6,10,16H2,1-2H3. The number of aliphatic hydroxyl groups is 1. The highest BCUT2D eigenvalue weighted by atomic mass is 16.5. The van der Waals surface area contributed by atoms with Gasteiger partial charge in [-0.25, -0.2) is 0 Å². The van der Waals surface area contributed by atoms with E-state index < -0.39 is 0 Å². The van der Waals surface area contributed by atoms with Gasteiger partial charge in [0.05, 0.1) is 18.2 Å². The summed E-state index contributed by atoms with van der Waals surface area (Å²) in [5.74, 6) is 0.739. The summed E-state index contributed by atoms with van der Waals surface area (Å²) >= 11 is 0. The summed E-state index contributed by atoms with van der Waals surface area (Å²) in [4.78, 5) is 0. The Morgan fingerprint density at radius 1 is 1.35 bits per heavy atom. The van der Waals surface area contributed by atoms with E-state index in [-0.39, 0.29) is 18.2 Å². The fourth-order valence-corrected chi connectivity index (χ4v) is 2.43. The summed E-state index contributed by atoms with van der Waals surface area (Å²) in [6.07, 6.45) is 1.65. The first-order valence-corrected chi connectivity index (χ1v) is 7.07. The average Bonchev–Trinajstić information content (AvgIpc) is 2.38. The third kappa shape index (κ3) is 3.77. The maximum absolute atomic E-state index is 9.71. The quantitative estimate of drug-likeness (QED) is 0.719. The maximum atomic E-state index is 9.71. The maximum Gasteiger partial charge on any atom is 0.123 e.